The van der Waals surface area contributed by atoms with Gasteiger partial charge in [0.25, 0.3) is 11.6 Å². The molecule has 3 aromatic rings. The highest BCUT2D eigenvalue weighted by molar-refractivity contribution is 5.96. The summed E-state index contributed by atoms with van der Waals surface area (Å²) in [6.45, 7) is 4.34. The van der Waals surface area contributed by atoms with Crippen LogP contribution in [-0.2, 0) is 0 Å². The van der Waals surface area contributed by atoms with Crippen LogP contribution in [0.3, 0.4) is 0 Å². The fraction of sp³-hybridized carbons (Fsp3) is 0.435. The van der Waals surface area contributed by atoms with E-state index < -0.39 is 0 Å². The molecule has 0 N–H and O–H groups in total. The molecule has 4 heterocycles. The average Bonchev–Trinajstić information content (AvgIpc) is 3.45. The fourth-order valence-electron chi connectivity index (χ4n) is 5.01. The number of likely N-dealkylation sites (tertiary alicyclic amines) is 1. The van der Waals surface area contributed by atoms with Gasteiger partial charge in [-0.15, -0.1) is 10.2 Å². The van der Waals surface area contributed by atoms with Crippen molar-refractivity contribution in [3.63, 3.8) is 0 Å². The third kappa shape index (κ3) is 3.57. The van der Waals surface area contributed by atoms with E-state index in [1.54, 1.807) is 17.0 Å². The van der Waals surface area contributed by atoms with E-state index in [1.807, 2.05) is 28.8 Å². The van der Waals surface area contributed by atoms with Gasteiger partial charge in [-0.25, -0.2) is 0 Å². The molecule has 2 saturated heterocycles. The zero-order valence-corrected chi connectivity index (χ0v) is 18.1. The molecule has 0 saturated carbocycles. The van der Waals surface area contributed by atoms with Gasteiger partial charge in [-0.2, -0.15) is 0 Å². The van der Waals surface area contributed by atoms with Crippen LogP contribution in [0.2, 0.25) is 0 Å². The molecule has 2 fully saturated rings. The number of nitrogens with zero attached hydrogens (tertiary/aromatic N) is 6. The van der Waals surface area contributed by atoms with E-state index in [1.165, 1.54) is 6.07 Å². The Bertz CT molecular complexity index is 1180. The normalized spacial score (nSPS) is 21.3. The smallest absolute Gasteiger partial charge is 0.293 e. The number of hydrogen-bond donors (Lipinski definition) is 0. The van der Waals surface area contributed by atoms with Crippen molar-refractivity contribution in [1.82, 2.24) is 19.5 Å². The summed E-state index contributed by atoms with van der Waals surface area (Å²) < 4.78 is 1.90. The summed E-state index contributed by atoms with van der Waals surface area (Å²) in [5, 5.41) is 20.4. The number of pyridine rings is 1. The molecule has 0 radical (unpaired) electrons. The molecule has 2 aliphatic rings. The Morgan fingerprint density at radius 1 is 1.12 bits per heavy atom. The van der Waals surface area contributed by atoms with Gasteiger partial charge >= 0.3 is 0 Å². The van der Waals surface area contributed by atoms with Gasteiger partial charge in [0.15, 0.2) is 11.5 Å². The van der Waals surface area contributed by atoms with E-state index in [2.05, 4.69) is 22.0 Å². The van der Waals surface area contributed by atoms with Gasteiger partial charge in [-0.3, -0.25) is 19.3 Å². The molecule has 32 heavy (non-hydrogen) atoms. The SMILES string of the molecule is C[C@H]1CCCN(c2ccc(C(=O)N3CCC[C@H]3c3nnc4ccccn34)cc2[N+](=O)[O-])C1. The summed E-state index contributed by atoms with van der Waals surface area (Å²) in [6, 6.07) is 10.4. The highest BCUT2D eigenvalue weighted by Gasteiger charge is 2.35. The lowest BCUT2D eigenvalue weighted by molar-refractivity contribution is -0.384. The Morgan fingerprint density at radius 2 is 1.97 bits per heavy atom. The predicted octanol–water partition coefficient (Wildman–Crippen LogP) is 3.85. The molecular weight excluding hydrogens is 408 g/mol. The molecule has 0 unspecified atom stereocenters. The van der Waals surface area contributed by atoms with Crippen molar-refractivity contribution in [2.45, 2.75) is 38.6 Å². The van der Waals surface area contributed by atoms with Crippen LogP contribution in [-0.4, -0.2) is 50.0 Å². The molecule has 2 aliphatic heterocycles. The van der Waals surface area contributed by atoms with Crippen molar-refractivity contribution in [2.24, 2.45) is 5.92 Å². The maximum Gasteiger partial charge on any atom is 0.293 e. The van der Waals surface area contributed by atoms with Crippen molar-refractivity contribution in [2.75, 3.05) is 24.5 Å². The van der Waals surface area contributed by atoms with Crippen molar-refractivity contribution in [3.05, 3.63) is 64.1 Å². The second-order valence-electron chi connectivity index (χ2n) is 8.80. The third-order valence-corrected chi connectivity index (χ3v) is 6.57. The number of carbonyl (C=O) groups excluding carboxylic acids is 1. The molecule has 166 valence electrons. The Kier molecular flexibility index (Phi) is 5.24. The number of fused-ring (bicyclic) bond motifs is 1. The number of aromatic nitrogens is 3. The van der Waals surface area contributed by atoms with Crippen LogP contribution < -0.4 is 4.90 Å². The Balaban J connectivity index is 1.45. The largest absolute Gasteiger partial charge is 0.366 e. The number of anilines is 1. The molecule has 0 bridgehead atoms. The molecule has 2 atom stereocenters. The first-order valence-electron chi connectivity index (χ1n) is 11.2. The molecule has 9 heteroatoms. The molecule has 9 nitrogen and oxygen atoms in total. The first-order valence-corrected chi connectivity index (χ1v) is 11.2. The minimum atomic E-state index is -0.376. The van der Waals surface area contributed by atoms with Crippen LogP contribution in [0.15, 0.2) is 42.6 Å². The molecule has 2 aromatic heterocycles. The van der Waals surface area contributed by atoms with E-state index >= 15 is 0 Å². The number of amides is 1. The molecule has 0 spiro atoms. The summed E-state index contributed by atoms with van der Waals surface area (Å²) in [5.41, 5.74) is 1.66. The first kappa shape index (κ1) is 20.4. The Morgan fingerprint density at radius 3 is 2.78 bits per heavy atom. The number of nitro benzene ring substituents is 1. The summed E-state index contributed by atoms with van der Waals surface area (Å²) in [6.07, 6.45) is 5.68. The highest BCUT2D eigenvalue weighted by Crippen LogP contribution is 2.36. The number of hydrogen-bond acceptors (Lipinski definition) is 6. The number of carbonyl (C=O) groups is 1. The van der Waals surface area contributed by atoms with Gasteiger partial charge in [0.1, 0.15) is 5.69 Å². The number of benzene rings is 1. The predicted molar refractivity (Wildman–Crippen MR) is 120 cm³/mol. The van der Waals surface area contributed by atoms with E-state index in [0.717, 1.165) is 50.2 Å². The van der Waals surface area contributed by atoms with Gasteiger partial charge in [-0.1, -0.05) is 13.0 Å². The van der Waals surface area contributed by atoms with Crippen molar-refractivity contribution < 1.29 is 9.72 Å². The topological polar surface area (TPSA) is 96.9 Å². The Labute approximate surface area is 185 Å². The minimum absolute atomic E-state index is 0.00590. The van der Waals surface area contributed by atoms with Crippen LogP contribution in [0.4, 0.5) is 11.4 Å². The van der Waals surface area contributed by atoms with Gasteiger partial charge in [0.2, 0.25) is 0 Å². The lowest BCUT2D eigenvalue weighted by Crippen LogP contribution is -2.35. The minimum Gasteiger partial charge on any atom is -0.366 e. The zero-order valence-electron chi connectivity index (χ0n) is 18.1. The first-order chi connectivity index (χ1) is 15.5. The summed E-state index contributed by atoms with van der Waals surface area (Å²) in [4.78, 5) is 28.8. The lowest BCUT2D eigenvalue weighted by Gasteiger charge is -2.32. The third-order valence-electron chi connectivity index (χ3n) is 6.57. The summed E-state index contributed by atoms with van der Waals surface area (Å²) in [7, 11) is 0. The van der Waals surface area contributed by atoms with Crippen molar-refractivity contribution >= 4 is 22.9 Å². The van der Waals surface area contributed by atoms with Gasteiger partial charge in [0, 0.05) is 37.5 Å². The van der Waals surface area contributed by atoms with Gasteiger partial charge < -0.3 is 9.80 Å². The highest BCUT2D eigenvalue weighted by atomic mass is 16.6. The summed E-state index contributed by atoms with van der Waals surface area (Å²) >= 11 is 0. The molecule has 1 amide bonds. The maximum absolute atomic E-state index is 13.4. The quantitative estimate of drug-likeness (QED) is 0.457. The van der Waals surface area contributed by atoms with Crippen LogP contribution in [0.1, 0.15) is 54.8 Å². The van der Waals surface area contributed by atoms with Crippen LogP contribution in [0.5, 0.6) is 0 Å². The monoisotopic (exact) mass is 434 g/mol. The number of rotatable bonds is 4. The van der Waals surface area contributed by atoms with Gasteiger partial charge in [-0.05, 0) is 55.9 Å². The summed E-state index contributed by atoms with van der Waals surface area (Å²) in [5.74, 6) is 1.01. The van der Waals surface area contributed by atoms with Crippen LogP contribution >= 0.6 is 0 Å². The van der Waals surface area contributed by atoms with E-state index in [9.17, 15) is 14.9 Å². The van der Waals surface area contributed by atoms with Crippen LogP contribution in [0.25, 0.3) is 5.65 Å². The number of piperidine rings is 1. The Hall–Kier alpha value is -3.49. The lowest BCUT2D eigenvalue weighted by atomic mass is 9.99. The van der Waals surface area contributed by atoms with Crippen molar-refractivity contribution in [3.8, 4) is 0 Å². The van der Waals surface area contributed by atoms with E-state index in [-0.39, 0.29) is 22.6 Å². The zero-order chi connectivity index (χ0) is 22.2. The molecular formula is C23H26N6O3. The maximum atomic E-state index is 13.4. The second-order valence-corrected chi connectivity index (χ2v) is 8.80. The van der Waals surface area contributed by atoms with E-state index in [0.29, 0.717) is 23.7 Å². The van der Waals surface area contributed by atoms with Crippen molar-refractivity contribution in [1.29, 1.82) is 0 Å². The molecule has 1 aromatic carbocycles. The average molecular weight is 435 g/mol. The van der Waals surface area contributed by atoms with Gasteiger partial charge in [0.05, 0.1) is 11.0 Å². The number of nitro groups is 1. The fourth-order valence-corrected chi connectivity index (χ4v) is 5.01. The van der Waals surface area contributed by atoms with Crippen LogP contribution in [0, 0.1) is 16.0 Å². The second kappa shape index (κ2) is 8.22. The molecule has 5 rings (SSSR count). The standard InChI is InChI=1S/C23H26N6O3/c1-16-6-4-11-26(15-16)18-10-9-17(14-20(18)29(31)32)23(30)27-13-5-7-19(27)22-25-24-21-8-2-3-12-28(21)22/h2-3,8-10,12,14,16,19H,4-7,11,13,15H2,1H3/t16-,19-/m0/s1. The molecule has 0 aliphatic carbocycles. The van der Waals surface area contributed by atoms with E-state index in [4.69, 9.17) is 0 Å².